The monoisotopic (exact) mass is 344 g/mol. The predicted octanol–water partition coefficient (Wildman–Crippen LogP) is 0.726. The summed E-state index contributed by atoms with van der Waals surface area (Å²) in [5.74, 6) is 0.529. The highest BCUT2D eigenvalue weighted by Crippen LogP contribution is 2.22. The Balaban J connectivity index is 1.69. The van der Waals surface area contributed by atoms with Crippen molar-refractivity contribution in [2.24, 2.45) is 0 Å². The third-order valence-corrected chi connectivity index (χ3v) is 4.50. The van der Waals surface area contributed by atoms with Crippen LogP contribution < -0.4 is 10.9 Å². The van der Waals surface area contributed by atoms with Crippen molar-refractivity contribution in [2.45, 2.75) is 38.8 Å². The Kier molecular flexibility index (Phi) is 5.28. The molecule has 25 heavy (non-hydrogen) atoms. The first kappa shape index (κ1) is 17.3. The molecule has 2 aromatic heterocycles. The molecule has 1 aliphatic heterocycles. The second-order valence-electron chi connectivity index (χ2n) is 6.33. The van der Waals surface area contributed by atoms with Crippen molar-refractivity contribution in [1.82, 2.24) is 30.0 Å². The Morgan fingerprint density at radius 3 is 3.08 bits per heavy atom. The number of carbonyl (C=O) groups is 1. The van der Waals surface area contributed by atoms with Gasteiger partial charge in [-0.3, -0.25) is 19.2 Å². The second kappa shape index (κ2) is 7.60. The summed E-state index contributed by atoms with van der Waals surface area (Å²) < 4.78 is 1.87. The standard InChI is InChI=1S/C17H24N6O2/c1-3-12-9-16(24)20-15(19-12)11-22-7-4-5-13(10-22)23-8-6-14(21-23)17(25)18-2/h6,8-9,13H,3-5,7,10-11H2,1-2H3,(H,18,25)(H,19,20,24)/t13-/m0/s1. The lowest BCUT2D eigenvalue weighted by Gasteiger charge is -2.32. The van der Waals surface area contributed by atoms with E-state index in [0.29, 0.717) is 18.1 Å². The molecule has 1 atom stereocenters. The van der Waals surface area contributed by atoms with Gasteiger partial charge in [0.25, 0.3) is 11.5 Å². The van der Waals surface area contributed by atoms with Gasteiger partial charge in [-0.25, -0.2) is 4.98 Å². The predicted molar refractivity (Wildman–Crippen MR) is 93.4 cm³/mol. The van der Waals surface area contributed by atoms with E-state index in [0.717, 1.165) is 38.0 Å². The zero-order valence-electron chi connectivity index (χ0n) is 14.7. The van der Waals surface area contributed by atoms with Crippen molar-refractivity contribution in [2.75, 3.05) is 20.1 Å². The maximum atomic E-state index is 11.7. The highest BCUT2D eigenvalue weighted by Gasteiger charge is 2.23. The number of aromatic nitrogens is 4. The summed E-state index contributed by atoms with van der Waals surface area (Å²) in [6, 6.07) is 3.50. The van der Waals surface area contributed by atoms with Crippen molar-refractivity contribution < 1.29 is 4.79 Å². The Labute approximate surface area is 146 Å². The molecule has 1 fully saturated rings. The van der Waals surface area contributed by atoms with Crippen LogP contribution in [0.2, 0.25) is 0 Å². The van der Waals surface area contributed by atoms with Gasteiger partial charge < -0.3 is 10.3 Å². The molecule has 0 aromatic carbocycles. The highest BCUT2D eigenvalue weighted by atomic mass is 16.1. The zero-order valence-corrected chi connectivity index (χ0v) is 14.7. The first-order valence-corrected chi connectivity index (χ1v) is 8.67. The molecule has 1 amide bonds. The summed E-state index contributed by atoms with van der Waals surface area (Å²) >= 11 is 0. The van der Waals surface area contributed by atoms with E-state index in [2.05, 4.69) is 25.3 Å². The maximum Gasteiger partial charge on any atom is 0.271 e. The van der Waals surface area contributed by atoms with E-state index in [1.54, 1.807) is 19.2 Å². The SMILES string of the molecule is CCc1cc(=O)[nH]c(CN2CCC[C@H](n3ccc(C(=O)NC)n3)C2)n1. The van der Waals surface area contributed by atoms with Crippen LogP contribution in [0.5, 0.6) is 0 Å². The molecule has 8 nitrogen and oxygen atoms in total. The van der Waals surface area contributed by atoms with Gasteiger partial charge in [-0.05, 0) is 31.9 Å². The fourth-order valence-corrected chi connectivity index (χ4v) is 3.21. The molecule has 0 bridgehead atoms. The fourth-order valence-electron chi connectivity index (χ4n) is 3.21. The van der Waals surface area contributed by atoms with Crippen LogP contribution in [0, 0.1) is 0 Å². The number of rotatable bonds is 5. The van der Waals surface area contributed by atoms with E-state index in [9.17, 15) is 9.59 Å². The van der Waals surface area contributed by atoms with Crippen molar-refractivity contribution in [3.8, 4) is 0 Å². The van der Waals surface area contributed by atoms with Crippen LogP contribution in [0.3, 0.4) is 0 Å². The van der Waals surface area contributed by atoms with Gasteiger partial charge in [0.05, 0.1) is 12.6 Å². The van der Waals surface area contributed by atoms with Crippen molar-refractivity contribution >= 4 is 5.91 Å². The first-order chi connectivity index (χ1) is 12.1. The lowest BCUT2D eigenvalue weighted by Crippen LogP contribution is -2.37. The maximum absolute atomic E-state index is 11.7. The van der Waals surface area contributed by atoms with Gasteiger partial charge in [-0.15, -0.1) is 0 Å². The number of nitrogens with zero attached hydrogens (tertiary/aromatic N) is 4. The molecule has 2 aromatic rings. The van der Waals surface area contributed by atoms with Gasteiger partial charge in [0.1, 0.15) is 11.5 Å². The summed E-state index contributed by atoms with van der Waals surface area (Å²) in [5.41, 5.74) is 1.15. The van der Waals surface area contributed by atoms with Crippen LogP contribution in [0.1, 0.15) is 47.8 Å². The lowest BCUT2D eigenvalue weighted by atomic mass is 10.1. The minimum atomic E-state index is -0.176. The van der Waals surface area contributed by atoms with E-state index in [1.165, 1.54) is 0 Å². The summed E-state index contributed by atoms with van der Waals surface area (Å²) in [6.45, 7) is 4.38. The van der Waals surface area contributed by atoms with Crippen LogP contribution >= 0.6 is 0 Å². The molecule has 1 saturated heterocycles. The van der Waals surface area contributed by atoms with Crippen LogP contribution in [-0.4, -0.2) is 50.7 Å². The first-order valence-electron chi connectivity index (χ1n) is 8.67. The van der Waals surface area contributed by atoms with Gasteiger partial charge >= 0.3 is 0 Å². The quantitative estimate of drug-likeness (QED) is 0.833. The van der Waals surface area contributed by atoms with Crippen LogP contribution in [0.15, 0.2) is 23.1 Å². The molecule has 134 valence electrons. The Morgan fingerprint density at radius 1 is 1.48 bits per heavy atom. The van der Waals surface area contributed by atoms with E-state index < -0.39 is 0 Å². The molecule has 3 heterocycles. The number of H-pyrrole nitrogens is 1. The Morgan fingerprint density at radius 2 is 2.32 bits per heavy atom. The van der Waals surface area contributed by atoms with Crippen molar-refractivity contribution in [1.29, 1.82) is 0 Å². The third kappa shape index (κ3) is 4.14. The third-order valence-electron chi connectivity index (χ3n) is 4.50. The minimum Gasteiger partial charge on any atom is -0.354 e. The fraction of sp³-hybridized carbons (Fsp3) is 0.529. The van der Waals surface area contributed by atoms with Gasteiger partial charge in [-0.1, -0.05) is 6.92 Å². The second-order valence-corrected chi connectivity index (χ2v) is 6.33. The Hall–Kier alpha value is -2.48. The summed E-state index contributed by atoms with van der Waals surface area (Å²) in [7, 11) is 1.60. The normalized spacial score (nSPS) is 18.2. The zero-order chi connectivity index (χ0) is 17.8. The van der Waals surface area contributed by atoms with Gasteiger partial charge in [0, 0.05) is 31.5 Å². The molecular formula is C17H24N6O2. The molecule has 0 saturated carbocycles. The summed E-state index contributed by atoms with van der Waals surface area (Å²) in [4.78, 5) is 33.0. The van der Waals surface area contributed by atoms with Crippen LogP contribution in [0.4, 0.5) is 0 Å². The molecular weight excluding hydrogens is 320 g/mol. The van der Waals surface area contributed by atoms with E-state index in [-0.39, 0.29) is 17.5 Å². The average Bonchev–Trinajstić information content (AvgIpc) is 3.11. The van der Waals surface area contributed by atoms with Gasteiger partial charge in [0.2, 0.25) is 0 Å². The highest BCUT2D eigenvalue weighted by molar-refractivity contribution is 5.91. The summed E-state index contributed by atoms with van der Waals surface area (Å²) in [5, 5.41) is 6.98. The number of likely N-dealkylation sites (tertiary alicyclic amines) is 1. The van der Waals surface area contributed by atoms with E-state index >= 15 is 0 Å². The van der Waals surface area contributed by atoms with Crippen LogP contribution in [-0.2, 0) is 13.0 Å². The number of amides is 1. The molecule has 0 radical (unpaired) electrons. The average molecular weight is 344 g/mol. The molecule has 0 aliphatic carbocycles. The molecule has 0 spiro atoms. The molecule has 0 unspecified atom stereocenters. The van der Waals surface area contributed by atoms with E-state index in [4.69, 9.17) is 0 Å². The Bertz CT molecular complexity index is 796. The number of carbonyl (C=O) groups excluding carboxylic acids is 1. The minimum absolute atomic E-state index is 0.0993. The molecule has 8 heteroatoms. The molecule has 1 aliphatic rings. The molecule has 2 N–H and O–H groups in total. The van der Waals surface area contributed by atoms with E-state index in [1.807, 2.05) is 17.8 Å². The van der Waals surface area contributed by atoms with Crippen molar-refractivity contribution in [3.05, 3.63) is 45.9 Å². The van der Waals surface area contributed by atoms with Gasteiger partial charge in [0.15, 0.2) is 0 Å². The number of nitrogens with one attached hydrogen (secondary N) is 2. The number of aryl methyl sites for hydroxylation is 1. The van der Waals surface area contributed by atoms with Crippen molar-refractivity contribution in [3.63, 3.8) is 0 Å². The summed E-state index contributed by atoms with van der Waals surface area (Å²) in [6.07, 6.45) is 4.66. The van der Waals surface area contributed by atoms with Crippen LogP contribution in [0.25, 0.3) is 0 Å². The lowest BCUT2D eigenvalue weighted by molar-refractivity contribution is 0.0955. The van der Waals surface area contributed by atoms with Gasteiger partial charge in [-0.2, -0.15) is 5.10 Å². The largest absolute Gasteiger partial charge is 0.354 e. The number of piperidine rings is 1. The topological polar surface area (TPSA) is 95.9 Å². The molecule has 3 rings (SSSR count). The number of hydrogen-bond acceptors (Lipinski definition) is 5. The smallest absolute Gasteiger partial charge is 0.271 e. The number of hydrogen-bond donors (Lipinski definition) is 2. The number of aromatic amines is 1.